The van der Waals surface area contributed by atoms with Gasteiger partial charge >= 0.3 is 11.9 Å². The van der Waals surface area contributed by atoms with Crippen molar-refractivity contribution in [3.8, 4) is 0 Å². The molecular formula is C42H80O5. The molecule has 0 heterocycles. The molecule has 0 aliphatic heterocycles. The van der Waals surface area contributed by atoms with Crippen LogP contribution in [-0.4, -0.2) is 29.9 Å². The number of ketones is 1. The van der Waals surface area contributed by atoms with Gasteiger partial charge in [0.25, 0.3) is 0 Å². The van der Waals surface area contributed by atoms with E-state index in [1.54, 1.807) is 0 Å². The van der Waals surface area contributed by atoms with Crippen molar-refractivity contribution in [3.63, 3.8) is 0 Å². The van der Waals surface area contributed by atoms with Crippen molar-refractivity contribution in [1.29, 1.82) is 0 Å². The van der Waals surface area contributed by atoms with Crippen molar-refractivity contribution >= 4 is 17.7 Å². The molecule has 0 spiro atoms. The normalized spacial score (nSPS) is 12.0. The number of rotatable bonds is 37. The number of esters is 2. The second-order valence-corrected chi connectivity index (χ2v) is 14.4. The van der Waals surface area contributed by atoms with Crippen molar-refractivity contribution in [3.05, 3.63) is 0 Å². The summed E-state index contributed by atoms with van der Waals surface area (Å²) in [5, 5.41) is 0. The molecule has 0 N–H and O–H groups in total. The molecule has 0 bridgehead atoms. The zero-order chi connectivity index (χ0) is 34.6. The highest BCUT2D eigenvalue weighted by Crippen LogP contribution is 2.19. The minimum absolute atomic E-state index is 0.0203. The van der Waals surface area contributed by atoms with Crippen molar-refractivity contribution in [1.82, 2.24) is 0 Å². The van der Waals surface area contributed by atoms with Gasteiger partial charge in [0.15, 0.2) is 0 Å². The summed E-state index contributed by atoms with van der Waals surface area (Å²) in [5.74, 6) is 0.243. The second kappa shape index (κ2) is 35.9. The lowest BCUT2D eigenvalue weighted by atomic mass is 10.0. The van der Waals surface area contributed by atoms with Gasteiger partial charge in [-0.25, -0.2) is 0 Å². The number of Topliss-reactive ketones (excluding diaryl/α,β-unsaturated/α-hetero) is 1. The molecule has 0 saturated carbocycles. The van der Waals surface area contributed by atoms with Crippen molar-refractivity contribution in [2.75, 3.05) is 0 Å². The fourth-order valence-corrected chi connectivity index (χ4v) is 6.38. The average Bonchev–Trinajstić information content (AvgIpc) is 3.05. The molecule has 0 aromatic rings. The van der Waals surface area contributed by atoms with E-state index in [9.17, 15) is 14.4 Å². The van der Waals surface area contributed by atoms with Gasteiger partial charge in [-0.05, 0) is 71.1 Å². The first-order valence-corrected chi connectivity index (χ1v) is 20.8. The van der Waals surface area contributed by atoms with Gasteiger partial charge in [0.1, 0.15) is 11.9 Å². The van der Waals surface area contributed by atoms with E-state index in [2.05, 4.69) is 20.8 Å². The molecule has 1 atom stereocenters. The van der Waals surface area contributed by atoms with E-state index in [-0.39, 0.29) is 24.1 Å². The summed E-state index contributed by atoms with van der Waals surface area (Å²) in [6.45, 7) is 8.74. The number of hydrogen-bond donors (Lipinski definition) is 0. The summed E-state index contributed by atoms with van der Waals surface area (Å²) in [5.41, 5.74) is 0. The van der Waals surface area contributed by atoms with E-state index in [0.717, 1.165) is 77.0 Å². The third kappa shape index (κ3) is 34.3. The first-order chi connectivity index (χ1) is 22.9. The summed E-state index contributed by atoms with van der Waals surface area (Å²) in [7, 11) is 0. The third-order valence-corrected chi connectivity index (χ3v) is 9.53. The van der Waals surface area contributed by atoms with Crippen LogP contribution in [0.3, 0.4) is 0 Å². The van der Waals surface area contributed by atoms with Gasteiger partial charge in [-0.1, -0.05) is 143 Å². The van der Waals surface area contributed by atoms with Gasteiger partial charge in [-0.3, -0.25) is 14.4 Å². The molecule has 0 saturated heterocycles. The maximum Gasteiger partial charge on any atom is 0.306 e. The first-order valence-electron chi connectivity index (χ1n) is 20.8. The lowest BCUT2D eigenvalue weighted by Crippen LogP contribution is -2.18. The van der Waals surface area contributed by atoms with Crippen molar-refractivity contribution in [2.24, 2.45) is 0 Å². The molecule has 0 aliphatic rings. The molecule has 1 unspecified atom stereocenters. The standard InChI is InChI=1S/C42H80O5/c1-5-8-11-14-17-24-31-38(4)46-41(44)36-29-22-20-25-32-39(43)33-26-21-23-30-37-42(45)47-40(34-27-18-15-12-9-6-2)35-28-19-16-13-10-7-3/h38,40H,5-37H2,1-4H3. The molecule has 0 aliphatic carbocycles. The number of unbranched alkanes of at least 4 members (excludes halogenated alkanes) is 21. The lowest BCUT2D eigenvalue weighted by molar-refractivity contribution is -0.150. The predicted molar refractivity (Wildman–Crippen MR) is 200 cm³/mol. The predicted octanol–water partition coefficient (Wildman–Crippen LogP) is 13.3. The molecule has 0 rings (SSSR count). The maximum absolute atomic E-state index is 12.6. The summed E-state index contributed by atoms with van der Waals surface area (Å²) < 4.78 is 11.5. The Morgan fingerprint density at radius 1 is 0.383 bits per heavy atom. The Hall–Kier alpha value is -1.39. The monoisotopic (exact) mass is 665 g/mol. The molecule has 278 valence electrons. The van der Waals surface area contributed by atoms with E-state index >= 15 is 0 Å². The highest BCUT2D eigenvalue weighted by Gasteiger charge is 2.14. The van der Waals surface area contributed by atoms with Gasteiger partial charge in [-0.15, -0.1) is 0 Å². The van der Waals surface area contributed by atoms with Gasteiger partial charge in [0.2, 0.25) is 0 Å². The smallest absolute Gasteiger partial charge is 0.306 e. The Bertz CT molecular complexity index is 689. The third-order valence-electron chi connectivity index (χ3n) is 9.53. The van der Waals surface area contributed by atoms with E-state index in [1.807, 2.05) is 6.92 Å². The largest absolute Gasteiger partial charge is 0.463 e. The Morgan fingerprint density at radius 2 is 0.702 bits per heavy atom. The van der Waals surface area contributed by atoms with Gasteiger partial charge < -0.3 is 9.47 Å². The van der Waals surface area contributed by atoms with Crippen molar-refractivity contribution < 1.29 is 23.9 Å². The maximum atomic E-state index is 12.6. The number of carbonyl (C=O) groups is 3. The topological polar surface area (TPSA) is 69.7 Å². The first kappa shape index (κ1) is 45.6. The van der Waals surface area contributed by atoms with Crippen LogP contribution in [0.1, 0.15) is 240 Å². The van der Waals surface area contributed by atoms with Crippen LogP contribution >= 0.6 is 0 Å². The molecule has 0 aromatic carbocycles. The Morgan fingerprint density at radius 3 is 1.13 bits per heavy atom. The van der Waals surface area contributed by atoms with Crippen LogP contribution < -0.4 is 0 Å². The van der Waals surface area contributed by atoms with Crippen LogP contribution in [0.5, 0.6) is 0 Å². The zero-order valence-corrected chi connectivity index (χ0v) is 32.0. The molecule has 0 amide bonds. The summed E-state index contributed by atoms with van der Waals surface area (Å²) in [6.07, 6.45) is 35.7. The number of carbonyl (C=O) groups excluding carboxylic acids is 3. The van der Waals surface area contributed by atoms with E-state index in [0.29, 0.717) is 31.5 Å². The number of ether oxygens (including phenoxy) is 2. The quantitative estimate of drug-likeness (QED) is 0.0488. The van der Waals surface area contributed by atoms with Crippen LogP contribution in [0.15, 0.2) is 0 Å². The SMILES string of the molecule is CCCCCCCCC(C)OC(=O)CCCCCCC(=O)CCCCCCC(=O)OC(CCCCCCCC)CCCCCCCC. The van der Waals surface area contributed by atoms with Gasteiger partial charge in [0.05, 0.1) is 6.10 Å². The molecule has 5 nitrogen and oxygen atoms in total. The second-order valence-electron chi connectivity index (χ2n) is 14.4. The number of hydrogen-bond acceptors (Lipinski definition) is 5. The Balaban J connectivity index is 3.86. The summed E-state index contributed by atoms with van der Waals surface area (Å²) in [6, 6.07) is 0. The Kier molecular flexibility index (Phi) is 34.8. The zero-order valence-electron chi connectivity index (χ0n) is 32.0. The summed E-state index contributed by atoms with van der Waals surface area (Å²) >= 11 is 0. The van der Waals surface area contributed by atoms with Crippen LogP contribution in [0.2, 0.25) is 0 Å². The van der Waals surface area contributed by atoms with E-state index in [4.69, 9.17) is 9.47 Å². The minimum Gasteiger partial charge on any atom is -0.463 e. The molecule has 0 aromatic heterocycles. The van der Waals surface area contributed by atoms with E-state index in [1.165, 1.54) is 109 Å². The lowest BCUT2D eigenvalue weighted by Gasteiger charge is -2.18. The van der Waals surface area contributed by atoms with Crippen LogP contribution in [0.4, 0.5) is 0 Å². The summed E-state index contributed by atoms with van der Waals surface area (Å²) in [4.78, 5) is 37.0. The van der Waals surface area contributed by atoms with E-state index < -0.39 is 0 Å². The van der Waals surface area contributed by atoms with Gasteiger partial charge in [-0.2, -0.15) is 0 Å². The van der Waals surface area contributed by atoms with Crippen LogP contribution in [0, 0.1) is 0 Å². The Labute approximate surface area is 292 Å². The average molecular weight is 665 g/mol. The molecule has 0 radical (unpaired) electrons. The highest BCUT2D eigenvalue weighted by molar-refractivity contribution is 5.78. The molecule has 47 heavy (non-hydrogen) atoms. The highest BCUT2D eigenvalue weighted by atomic mass is 16.5. The molecule has 0 fully saturated rings. The molecular weight excluding hydrogens is 584 g/mol. The van der Waals surface area contributed by atoms with Crippen LogP contribution in [-0.2, 0) is 23.9 Å². The fraction of sp³-hybridized carbons (Fsp3) is 0.929. The minimum atomic E-state index is -0.0750. The van der Waals surface area contributed by atoms with Crippen molar-refractivity contribution in [2.45, 2.75) is 252 Å². The van der Waals surface area contributed by atoms with Gasteiger partial charge in [0, 0.05) is 25.7 Å². The fourth-order valence-electron chi connectivity index (χ4n) is 6.38. The molecule has 5 heteroatoms. The van der Waals surface area contributed by atoms with Crippen LogP contribution in [0.25, 0.3) is 0 Å².